The second kappa shape index (κ2) is 9.59. The van der Waals surface area contributed by atoms with Crippen molar-refractivity contribution < 1.29 is 23.9 Å². The van der Waals surface area contributed by atoms with Crippen LogP contribution in [0.2, 0.25) is 5.15 Å². The van der Waals surface area contributed by atoms with Crippen LogP contribution in [0.15, 0.2) is 17.2 Å². The van der Waals surface area contributed by atoms with Gasteiger partial charge in [0.2, 0.25) is 0 Å². The van der Waals surface area contributed by atoms with Crippen molar-refractivity contribution in [2.75, 3.05) is 44.0 Å². The van der Waals surface area contributed by atoms with Crippen molar-refractivity contribution >= 4 is 46.8 Å². The standard InChI is InChI=1S/C15H18ClN3O5S/c1-2-24-12(20)9-25-14-10(3-4-11(16)18-14)17-13(21)15(22)19-5-7-23-8-6-19/h3-4H,2,5-9H2,1H3,(H,17,21). The van der Waals surface area contributed by atoms with Crippen LogP contribution in [0.1, 0.15) is 6.92 Å². The minimum absolute atomic E-state index is 0.0153. The third-order valence-corrected chi connectivity index (χ3v) is 4.37. The minimum Gasteiger partial charge on any atom is -0.465 e. The number of thioether (sulfide) groups is 1. The van der Waals surface area contributed by atoms with E-state index in [0.717, 1.165) is 11.8 Å². The molecule has 1 aliphatic rings. The summed E-state index contributed by atoms with van der Waals surface area (Å²) in [6.07, 6.45) is 0. The Bertz CT molecular complexity index is 652. The second-order valence-electron chi connectivity index (χ2n) is 4.94. The molecule has 0 aliphatic carbocycles. The summed E-state index contributed by atoms with van der Waals surface area (Å²) in [7, 11) is 0. The number of hydrogen-bond acceptors (Lipinski definition) is 7. The van der Waals surface area contributed by atoms with Gasteiger partial charge in [-0.3, -0.25) is 14.4 Å². The van der Waals surface area contributed by atoms with Gasteiger partial charge in [0.15, 0.2) is 0 Å². The van der Waals surface area contributed by atoms with Crippen LogP contribution in [0.4, 0.5) is 5.69 Å². The molecule has 2 amide bonds. The number of carbonyl (C=O) groups is 3. The Morgan fingerprint density at radius 2 is 2.08 bits per heavy atom. The summed E-state index contributed by atoms with van der Waals surface area (Å²) >= 11 is 6.94. The monoisotopic (exact) mass is 387 g/mol. The molecule has 2 heterocycles. The van der Waals surface area contributed by atoms with Gasteiger partial charge in [-0.15, -0.1) is 0 Å². The van der Waals surface area contributed by atoms with Crippen LogP contribution in [0.5, 0.6) is 0 Å². The maximum atomic E-state index is 12.2. The molecule has 1 saturated heterocycles. The molecule has 1 fully saturated rings. The summed E-state index contributed by atoms with van der Waals surface area (Å²) in [4.78, 5) is 41.3. The van der Waals surface area contributed by atoms with Gasteiger partial charge in [-0.25, -0.2) is 4.98 Å². The molecule has 136 valence electrons. The highest BCUT2D eigenvalue weighted by molar-refractivity contribution is 8.00. The topological polar surface area (TPSA) is 97.8 Å². The number of pyridine rings is 1. The lowest BCUT2D eigenvalue weighted by Gasteiger charge is -2.26. The van der Waals surface area contributed by atoms with Gasteiger partial charge in [-0.05, 0) is 19.1 Å². The lowest BCUT2D eigenvalue weighted by Crippen LogP contribution is -2.45. The molecule has 8 nitrogen and oxygen atoms in total. The number of carbonyl (C=O) groups excluding carboxylic acids is 3. The van der Waals surface area contributed by atoms with E-state index in [1.807, 2.05) is 0 Å². The van der Waals surface area contributed by atoms with Crippen molar-refractivity contribution in [3.8, 4) is 0 Å². The van der Waals surface area contributed by atoms with Crippen molar-refractivity contribution in [2.24, 2.45) is 0 Å². The van der Waals surface area contributed by atoms with Crippen LogP contribution in [0.25, 0.3) is 0 Å². The first-order valence-electron chi connectivity index (χ1n) is 7.64. The lowest BCUT2D eigenvalue weighted by molar-refractivity contribution is -0.145. The van der Waals surface area contributed by atoms with Crippen LogP contribution < -0.4 is 5.32 Å². The summed E-state index contributed by atoms with van der Waals surface area (Å²) in [5, 5.41) is 3.07. The molecule has 2 rings (SSSR count). The first-order valence-corrected chi connectivity index (χ1v) is 9.00. The molecule has 1 aromatic heterocycles. The number of halogens is 1. The zero-order valence-corrected chi connectivity index (χ0v) is 15.2. The third kappa shape index (κ3) is 5.87. The van der Waals surface area contributed by atoms with Crippen molar-refractivity contribution in [1.82, 2.24) is 9.88 Å². The molecule has 10 heteroatoms. The van der Waals surface area contributed by atoms with Gasteiger partial charge in [0.1, 0.15) is 10.2 Å². The molecule has 0 radical (unpaired) electrons. The van der Waals surface area contributed by atoms with Gasteiger partial charge in [0.05, 0.1) is 31.3 Å². The van der Waals surface area contributed by atoms with E-state index in [4.69, 9.17) is 21.1 Å². The molecule has 0 saturated carbocycles. The number of anilines is 1. The Morgan fingerprint density at radius 1 is 1.36 bits per heavy atom. The van der Waals surface area contributed by atoms with Gasteiger partial charge in [0.25, 0.3) is 0 Å². The molecule has 1 aliphatic heterocycles. The van der Waals surface area contributed by atoms with E-state index >= 15 is 0 Å². The number of hydrogen-bond donors (Lipinski definition) is 1. The number of nitrogens with zero attached hydrogens (tertiary/aromatic N) is 2. The summed E-state index contributed by atoms with van der Waals surface area (Å²) in [5.74, 6) is -1.80. The number of rotatable bonds is 5. The van der Waals surface area contributed by atoms with Crippen LogP contribution in [0.3, 0.4) is 0 Å². The van der Waals surface area contributed by atoms with Crippen LogP contribution in [-0.4, -0.2) is 66.3 Å². The number of aromatic nitrogens is 1. The van der Waals surface area contributed by atoms with Crippen molar-refractivity contribution in [2.45, 2.75) is 11.9 Å². The normalized spacial score (nSPS) is 14.1. The molecular formula is C15H18ClN3O5S. The molecule has 1 aromatic rings. The summed E-state index contributed by atoms with van der Waals surface area (Å²) < 4.78 is 10.0. The molecule has 0 spiro atoms. The zero-order chi connectivity index (χ0) is 18.2. The molecule has 0 aromatic carbocycles. The third-order valence-electron chi connectivity index (χ3n) is 3.20. The number of amides is 2. The van der Waals surface area contributed by atoms with Crippen LogP contribution in [-0.2, 0) is 23.9 Å². The van der Waals surface area contributed by atoms with Gasteiger partial charge in [-0.1, -0.05) is 23.4 Å². The van der Waals surface area contributed by atoms with Gasteiger partial charge < -0.3 is 19.7 Å². The minimum atomic E-state index is -0.774. The fourth-order valence-electron chi connectivity index (χ4n) is 2.04. The quantitative estimate of drug-likeness (QED) is 0.350. The smallest absolute Gasteiger partial charge is 0.316 e. The van der Waals surface area contributed by atoms with E-state index in [1.54, 1.807) is 6.92 Å². The number of nitrogens with one attached hydrogen (secondary N) is 1. The Labute approximate surface area is 154 Å². The van der Waals surface area contributed by atoms with Gasteiger partial charge in [0, 0.05) is 13.1 Å². The van der Waals surface area contributed by atoms with Crippen molar-refractivity contribution in [3.63, 3.8) is 0 Å². The number of ether oxygens (including phenoxy) is 2. The van der Waals surface area contributed by atoms with Crippen molar-refractivity contribution in [1.29, 1.82) is 0 Å². The fraction of sp³-hybridized carbons (Fsp3) is 0.467. The van der Waals surface area contributed by atoms with E-state index in [-0.39, 0.29) is 17.5 Å². The van der Waals surface area contributed by atoms with Crippen LogP contribution in [0, 0.1) is 0 Å². The summed E-state index contributed by atoms with van der Waals surface area (Å²) in [6, 6.07) is 3.03. The number of esters is 1. The predicted octanol–water partition coefficient (Wildman–Crippen LogP) is 1.19. The van der Waals surface area contributed by atoms with E-state index in [0.29, 0.717) is 37.0 Å². The predicted molar refractivity (Wildman–Crippen MR) is 92.6 cm³/mol. The average Bonchev–Trinajstić information content (AvgIpc) is 2.62. The maximum Gasteiger partial charge on any atom is 0.316 e. The Kier molecular flexibility index (Phi) is 7.48. The highest BCUT2D eigenvalue weighted by Crippen LogP contribution is 2.27. The maximum absolute atomic E-state index is 12.2. The molecule has 0 bridgehead atoms. The first-order chi connectivity index (χ1) is 12.0. The Hall–Kier alpha value is -1.84. The molecule has 0 atom stereocenters. The van der Waals surface area contributed by atoms with E-state index < -0.39 is 17.8 Å². The van der Waals surface area contributed by atoms with Crippen molar-refractivity contribution in [3.05, 3.63) is 17.3 Å². The highest BCUT2D eigenvalue weighted by atomic mass is 35.5. The van der Waals surface area contributed by atoms with E-state index in [1.165, 1.54) is 17.0 Å². The largest absolute Gasteiger partial charge is 0.465 e. The summed E-state index contributed by atoms with van der Waals surface area (Å²) in [6.45, 7) is 3.54. The molecular weight excluding hydrogens is 370 g/mol. The molecule has 0 unspecified atom stereocenters. The van der Waals surface area contributed by atoms with Crippen LogP contribution >= 0.6 is 23.4 Å². The van der Waals surface area contributed by atoms with Gasteiger partial charge in [-0.2, -0.15) is 0 Å². The second-order valence-corrected chi connectivity index (χ2v) is 6.29. The first kappa shape index (κ1) is 19.5. The lowest BCUT2D eigenvalue weighted by atomic mass is 10.3. The van der Waals surface area contributed by atoms with Gasteiger partial charge >= 0.3 is 17.8 Å². The SMILES string of the molecule is CCOC(=O)CSc1nc(Cl)ccc1NC(=O)C(=O)N1CCOCC1. The Morgan fingerprint density at radius 3 is 2.76 bits per heavy atom. The van der Waals surface area contributed by atoms with E-state index in [2.05, 4.69) is 10.3 Å². The fourth-order valence-corrected chi connectivity index (χ4v) is 3.01. The molecule has 1 N–H and O–H groups in total. The highest BCUT2D eigenvalue weighted by Gasteiger charge is 2.24. The number of morpholine rings is 1. The Balaban J connectivity index is 2.03. The summed E-state index contributed by atoms with van der Waals surface area (Å²) in [5.41, 5.74) is 0.310. The molecule has 25 heavy (non-hydrogen) atoms. The van der Waals surface area contributed by atoms with E-state index in [9.17, 15) is 14.4 Å². The zero-order valence-electron chi connectivity index (χ0n) is 13.6. The average molecular weight is 388 g/mol.